The number of rotatable bonds is 10. The van der Waals surface area contributed by atoms with Gasteiger partial charge >= 0.3 is 6.09 Å². The smallest absolute Gasteiger partial charge is 0.408 e. The van der Waals surface area contributed by atoms with Gasteiger partial charge in [-0.25, -0.2) is 4.79 Å². The number of nitrogens with zero attached hydrogens (tertiary/aromatic N) is 1. The molecule has 2 N–H and O–H groups in total. The van der Waals surface area contributed by atoms with Crippen molar-refractivity contribution in [2.24, 2.45) is 0 Å². The zero-order valence-electron chi connectivity index (χ0n) is 24.4. The fourth-order valence-electron chi connectivity index (χ4n) is 4.31. The van der Waals surface area contributed by atoms with Gasteiger partial charge in [0.2, 0.25) is 11.8 Å². The van der Waals surface area contributed by atoms with E-state index >= 15 is 0 Å². The number of aryl methyl sites for hydroxylation is 2. The van der Waals surface area contributed by atoms with Crippen molar-refractivity contribution >= 4 is 17.9 Å². The van der Waals surface area contributed by atoms with Crippen LogP contribution in [0.2, 0.25) is 0 Å². The molecule has 3 unspecified atom stereocenters. The van der Waals surface area contributed by atoms with E-state index in [9.17, 15) is 14.4 Å². The van der Waals surface area contributed by atoms with E-state index in [1.165, 1.54) is 0 Å². The van der Waals surface area contributed by atoms with Crippen molar-refractivity contribution < 1.29 is 19.1 Å². The van der Waals surface area contributed by atoms with Gasteiger partial charge in [-0.05, 0) is 78.5 Å². The molecule has 3 atom stereocenters. The molecule has 208 valence electrons. The Labute approximate surface area is 228 Å². The molecule has 0 aromatic heterocycles. The van der Waals surface area contributed by atoms with Gasteiger partial charge in [0.15, 0.2) is 0 Å². The number of hydrogen-bond donors (Lipinski definition) is 2. The molecule has 0 aliphatic rings. The topological polar surface area (TPSA) is 87.7 Å². The highest BCUT2D eigenvalue weighted by Gasteiger charge is 2.39. The lowest BCUT2D eigenvalue weighted by atomic mass is 9.93. The average molecular weight is 524 g/mol. The first-order valence-electron chi connectivity index (χ1n) is 13.5. The van der Waals surface area contributed by atoms with Gasteiger partial charge < -0.3 is 20.3 Å². The van der Waals surface area contributed by atoms with E-state index in [4.69, 9.17) is 4.74 Å². The summed E-state index contributed by atoms with van der Waals surface area (Å²) in [5.74, 6) is -0.586. The molecule has 0 fully saturated rings. The predicted octanol–water partition coefficient (Wildman–Crippen LogP) is 5.63. The molecule has 0 bridgehead atoms. The summed E-state index contributed by atoms with van der Waals surface area (Å²) < 4.78 is 5.50. The first-order chi connectivity index (χ1) is 17.7. The Kier molecular flexibility index (Phi) is 10.9. The lowest BCUT2D eigenvalue weighted by Gasteiger charge is -2.39. The van der Waals surface area contributed by atoms with Gasteiger partial charge in [-0.2, -0.15) is 0 Å². The Morgan fingerprint density at radius 1 is 0.947 bits per heavy atom. The molecule has 2 aromatic carbocycles. The summed E-state index contributed by atoms with van der Waals surface area (Å²) in [5, 5.41) is 5.83. The molecular weight excluding hydrogens is 478 g/mol. The SMILES string of the molecule is CCC(C)N(C(=O)C(Cc1ccccc1)NC(=O)OC(C)(C)C)C(C(=O)NC(C)C)c1cc(C)ccc1C. The van der Waals surface area contributed by atoms with E-state index in [0.717, 1.165) is 22.3 Å². The van der Waals surface area contributed by atoms with Gasteiger partial charge in [0.05, 0.1) is 0 Å². The maximum absolute atomic E-state index is 14.4. The lowest BCUT2D eigenvalue weighted by Crippen LogP contribution is -2.56. The molecule has 0 spiro atoms. The molecular formula is C31H45N3O4. The van der Waals surface area contributed by atoms with Crippen LogP contribution in [0.3, 0.4) is 0 Å². The molecule has 0 aliphatic carbocycles. The number of carbonyl (C=O) groups is 3. The number of alkyl carbamates (subject to hydrolysis) is 1. The van der Waals surface area contributed by atoms with Crippen molar-refractivity contribution in [3.8, 4) is 0 Å². The molecule has 0 aliphatic heterocycles. The summed E-state index contributed by atoms with van der Waals surface area (Å²) >= 11 is 0. The molecule has 38 heavy (non-hydrogen) atoms. The van der Waals surface area contributed by atoms with E-state index < -0.39 is 23.8 Å². The van der Waals surface area contributed by atoms with Crippen LogP contribution >= 0.6 is 0 Å². The molecule has 0 saturated carbocycles. The monoisotopic (exact) mass is 523 g/mol. The lowest BCUT2D eigenvalue weighted by molar-refractivity contribution is -0.145. The first-order valence-corrected chi connectivity index (χ1v) is 13.5. The van der Waals surface area contributed by atoms with Crippen molar-refractivity contribution in [3.63, 3.8) is 0 Å². The summed E-state index contributed by atoms with van der Waals surface area (Å²) in [6.45, 7) is 17.0. The summed E-state index contributed by atoms with van der Waals surface area (Å²) in [7, 11) is 0. The number of amides is 3. The van der Waals surface area contributed by atoms with Crippen LogP contribution in [0.4, 0.5) is 4.79 Å². The van der Waals surface area contributed by atoms with Gasteiger partial charge in [0.1, 0.15) is 17.7 Å². The molecule has 0 heterocycles. The second-order valence-electron chi connectivity index (χ2n) is 11.3. The van der Waals surface area contributed by atoms with Crippen molar-refractivity contribution in [1.82, 2.24) is 15.5 Å². The standard InChI is InChI=1S/C31H45N3O4/c1-10-23(6)34(27(28(35)32-20(2)3)25-18-21(4)16-17-22(25)5)29(36)26(19-24-14-12-11-13-15-24)33-30(37)38-31(7,8)9/h11-18,20,23,26-27H,10,19H2,1-9H3,(H,32,35)(H,33,37). The van der Waals surface area contributed by atoms with Gasteiger partial charge in [-0.15, -0.1) is 0 Å². The summed E-state index contributed by atoms with van der Waals surface area (Å²) in [4.78, 5) is 42.7. The zero-order valence-corrected chi connectivity index (χ0v) is 24.4. The highest BCUT2D eigenvalue weighted by atomic mass is 16.6. The predicted molar refractivity (Wildman–Crippen MR) is 152 cm³/mol. The number of nitrogens with one attached hydrogen (secondary N) is 2. The Bertz CT molecular complexity index is 1090. The van der Waals surface area contributed by atoms with E-state index in [2.05, 4.69) is 10.6 Å². The maximum Gasteiger partial charge on any atom is 0.408 e. The van der Waals surface area contributed by atoms with Crippen LogP contribution < -0.4 is 10.6 Å². The Hall–Kier alpha value is -3.35. The van der Waals surface area contributed by atoms with E-state index in [1.807, 2.05) is 90.1 Å². The van der Waals surface area contributed by atoms with Crippen LogP contribution in [-0.2, 0) is 20.7 Å². The van der Waals surface area contributed by atoms with Crippen LogP contribution in [0.1, 0.15) is 83.2 Å². The number of hydrogen-bond acceptors (Lipinski definition) is 4. The van der Waals surface area contributed by atoms with Gasteiger partial charge in [0, 0.05) is 18.5 Å². The highest BCUT2D eigenvalue weighted by Crippen LogP contribution is 2.30. The van der Waals surface area contributed by atoms with Crippen LogP contribution in [0, 0.1) is 13.8 Å². The van der Waals surface area contributed by atoms with E-state index in [-0.39, 0.29) is 30.3 Å². The van der Waals surface area contributed by atoms with E-state index in [0.29, 0.717) is 6.42 Å². The van der Waals surface area contributed by atoms with Crippen LogP contribution in [0.25, 0.3) is 0 Å². The van der Waals surface area contributed by atoms with Gasteiger partial charge in [-0.1, -0.05) is 61.0 Å². The summed E-state index contributed by atoms with van der Waals surface area (Å²) in [6.07, 6.45) is 0.217. The molecule has 7 nitrogen and oxygen atoms in total. The third-order valence-corrected chi connectivity index (χ3v) is 6.28. The number of carbonyl (C=O) groups excluding carboxylic acids is 3. The Balaban J connectivity index is 2.63. The fraction of sp³-hybridized carbons (Fsp3) is 0.516. The van der Waals surface area contributed by atoms with Crippen LogP contribution in [0.15, 0.2) is 48.5 Å². The molecule has 7 heteroatoms. The molecule has 2 rings (SSSR count). The summed E-state index contributed by atoms with van der Waals surface area (Å²) in [6, 6.07) is 13.3. The molecule has 0 saturated heterocycles. The van der Waals surface area contributed by atoms with Gasteiger partial charge in [0.25, 0.3) is 0 Å². The number of ether oxygens (including phenoxy) is 1. The second-order valence-corrected chi connectivity index (χ2v) is 11.3. The maximum atomic E-state index is 14.4. The average Bonchev–Trinajstić information content (AvgIpc) is 2.82. The third kappa shape index (κ3) is 8.89. The van der Waals surface area contributed by atoms with Crippen molar-refractivity contribution in [1.29, 1.82) is 0 Å². The Morgan fingerprint density at radius 2 is 1.58 bits per heavy atom. The van der Waals surface area contributed by atoms with Crippen LogP contribution in [0.5, 0.6) is 0 Å². The van der Waals surface area contributed by atoms with Crippen molar-refractivity contribution in [2.75, 3.05) is 0 Å². The minimum atomic E-state index is -0.930. The zero-order chi connectivity index (χ0) is 28.6. The first kappa shape index (κ1) is 30.9. The molecule has 2 aromatic rings. The fourth-order valence-corrected chi connectivity index (χ4v) is 4.31. The summed E-state index contributed by atoms with van der Waals surface area (Å²) in [5.41, 5.74) is 2.85. The minimum absolute atomic E-state index is 0.107. The normalized spacial score (nSPS) is 13.8. The second kappa shape index (κ2) is 13.4. The van der Waals surface area contributed by atoms with Gasteiger partial charge in [-0.3, -0.25) is 9.59 Å². The Morgan fingerprint density at radius 3 is 2.13 bits per heavy atom. The van der Waals surface area contributed by atoms with Crippen molar-refractivity contribution in [2.45, 2.75) is 105 Å². The van der Waals surface area contributed by atoms with Crippen molar-refractivity contribution in [3.05, 3.63) is 70.8 Å². The highest BCUT2D eigenvalue weighted by molar-refractivity contribution is 5.93. The third-order valence-electron chi connectivity index (χ3n) is 6.28. The van der Waals surface area contributed by atoms with E-state index in [1.54, 1.807) is 25.7 Å². The number of benzene rings is 2. The minimum Gasteiger partial charge on any atom is -0.444 e. The largest absolute Gasteiger partial charge is 0.444 e. The molecule has 3 amide bonds. The molecule has 0 radical (unpaired) electrons. The quantitative estimate of drug-likeness (QED) is 0.422. The van der Waals surface area contributed by atoms with Crippen LogP contribution in [-0.4, -0.2) is 46.5 Å².